The van der Waals surface area contributed by atoms with Crippen LogP contribution in [0.3, 0.4) is 0 Å². The number of carbonyl (C=O) groups is 2. The zero-order valence-electron chi connectivity index (χ0n) is 11.2. The van der Waals surface area contributed by atoms with Crippen molar-refractivity contribution >= 4 is 12.2 Å². The van der Waals surface area contributed by atoms with Gasteiger partial charge in [0.2, 0.25) is 6.41 Å². The minimum atomic E-state index is -0.451. The fourth-order valence-electron chi connectivity index (χ4n) is 3.14. The molecule has 0 aromatic carbocycles. The smallest absolute Gasteiger partial charge is 0.230 e. The van der Waals surface area contributed by atoms with Crippen molar-refractivity contribution in [3.8, 4) is 0 Å². The van der Waals surface area contributed by atoms with Gasteiger partial charge < -0.3 is 10.5 Å². The van der Waals surface area contributed by atoms with Gasteiger partial charge in [-0.1, -0.05) is 0 Å². The first kappa shape index (κ1) is 14.4. The van der Waals surface area contributed by atoms with E-state index in [-0.39, 0.29) is 23.5 Å². The highest BCUT2D eigenvalue weighted by Crippen LogP contribution is 2.45. The number of nitrogens with one attached hydrogen (secondary N) is 1. The van der Waals surface area contributed by atoms with E-state index in [1.807, 2.05) is 0 Å². The van der Waals surface area contributed by atoms with E-state index in [2.05, 4.69) is 5.48 Å². The van der Waals surface area contributed by atoms with Crippen LogP contribution in [0.15, 0.2) is 0 Å². The van der Waals surface area contributed by atoms with E-state index in [0.29, 0.717) is 13.0 Å². The molecular weight excluding hydrogens is 248 g/mol. The topological polar surface area (TPSA) is 90.7 Å². The minimum Gasteiger partial charge on any atom is -0.350 e. The van der Waals surface area contributed by atoms with Crippen LogP contribution in [0.5, 0.6) is 0 Å². The number of carbonyl (C=O) groups excluding carboxylic acids is 2. The fourth-order valence-corrected chi connectivity index (χ4v) is 3.14. The summed E-state index contributed by atoms with van der Waals surface area (Å²) in [6.45, 7) is 2.36. The molecule has 5 atom stereocenters. The Balaban J connectivity index is 1.97. The standard InChI is InChI=1S/C13H22N2O4/c1-8(14)12(17)10-5-4-9(10)11-3-2-6-18-13(11)19-15-7-16/h7-11,13H,2-6,14H2,1H3,(H,15,16)/t8-,9-,10?,11?,13-/m1/s1. The molecule has 0 aromatic rings. The summed E-state index contributed by atoms with van der Waals surface area (Å²) in [4.78, 5) is 27.5. The predicted molar refractivity (Wildman–Crippen MR) is 67.6 cm³/mol. The first-order valence-electron chi connectivity index (χ1n) is 6.91. The molecule has 6 heteroatoms. The quantitative estimate of drug-likeness (QED) is 0.537. The molecule has 0 spiro atoms. The first-order valence-corrected chi connectivity index (χ1v) is 6.91. The molecule has 0 aromatic heterocycles. The lowest BCUT2D eigenvalue weighted by atomic mass is 9.63. The minimum absolute atomic E-state index is 0.0223. The van der Waals surface area contributed by atoms with Crippen molar-refractivity contribution in [3.63, 3.8) is 0 Å². The Kier molecular flexibility index (Phi) is 4.90. The second-order valence-corrected chi connectivity index (χ2v) is 5.44. The van der Waals surface area contributed by atoms with Crippen LogP contribution in [0, 0.1) is 17.8 Å². The van der Waals surface area contributed by atoms with Crippen LogP contribution >= 0.6 is 0 Å². The molecule has 19 heavy (non-hydrogen) atoms. The molecule has 1 heterocycles. The molecule has 1 aliphatic heterocycles. The summed E-state index contributed by atoms with van der Waals surface area (Å²) in [6, 6.07) is -0.412. The Morgan fingerprint density at radius 1 is 1.42 bits per heavy atom. The maximum Gasteiger partial charge on any atom is 0.230 e. The van der Waals surface area contributed by atoms with Gasteiger partial charge in [-0.3, -0.25) is 9.59 Å². The fraction of sp³-hybridized carbons (Fsp3) is 0.846. The molecular formula is C13H22N2O4. The predicted octanol–water partition coefficient (Wildman–Crippen LogP) is 0.359. The third-order valence-corrected chi connectivity index (χ3v) is 4.24. The van der Waals surface area contributed by atoms with E-state index >= 15 is 0 Å². The van der Waals surface area contributed by atoms with Gasteiger partial charge in [0.25, 0.3) is 0 Å². The van der Waals surface area contributed by atoms with E-state index in [9.17, 15) is 9.59 Å². The largest absolute Gasteiger partial charge is 0.350 e. The van der Waals surface area contributed by atoms with E-state index in [1.165, 1.54) is 0 Å². The highest BCUT2D eigenvalue weighted by atomic mass is 16.8. The summed E-state index contributed by atoms with van der Waals surface area (Å²) < 4.78 is 5.55. The van der Waals surface area contributed by atoms with Gasteiger partial charge in [0.1, 0.15) is 0 Å². The van der Waals surface area contributed by atoms with E-state index in [1.54, 1.807) is 6.92 Å². The van der Waals surface area contributed by atoms with E-state index < -0.39 is 12.3 Å². The van der Waals surface area contributed by atoms with Gasteiger partial charge in [0, 0.05) is 18.4 Å². The molecule has 2 rings (SSSR count). The van der Waals surface area contributed by atoms with Gasteiger partial charge in [-0.05, 0) is 38.5 Å². The molecule has 108 valence electrons. The van der Waals surface area contributed by atoms with E-state index in [4.69, 9.17) is 15.3 Å². The van der Waals surface area contributed by atoms with Crippen molar-refractivity contribution in [2.75, 3.05) is 6.61 Å². The first-order chi connectivity index (χ1) is 9.15. The number of Topliss-reactive ketones (excluding diaryl/α,β-unsaturated/α-hetero) is 1. The molecule has 1 saturated carbocycles. The van der Waals surface area contributed by atoms with Crippen molar-refractivity contribution in [2.45, 2.75) is 44.9 Å². The number of amides is 1. The average molecular weight is 270 g/mol. The SMILES string of the molecule is C[C@@H](N)C(=O)C1CC[C@H]1C1CCCO[C@@H]1ONC=O. The zero-order chi connectivity index (χ0) is 13.8. The Labute approximate surface area is 113 Å². The van der Waals surface area contributed by atoms with Crippen LogP contribution in [-0.2, 0) is 19.2 Å². The van der Waals surface area contributed by atoms with Crippen molar-refractivity contribution in [1.82, 2.24) is 5.48 Å². The number of rotatable bonds is 6. The lowest BCUT2D eigenvalue weighted by molar-refractivity contribution is -0.237. The number of hydrogen-bond donors (Lipinski definition) is 2. The van der Waals surface area contributed by atoms with Crippen LogP contribution in [0.2, 0.25) is 0 Å². The number of nitrogens with two attached hydrogens (primary N) is 1. The normalized spacial score (nSPS) is 36.1. The maximum atomic E-state index is 12.0. The van der Waals surface area contributed by atoms with Gasteiger partial charge in [-0.25, -0.2) is 10.3 Å². The van der Waals surface area contributed by atoms with E-state index in [0.717, 1.165) is 25.7 Å². The summed E-state index contributed by atoms with van der Waals surface area (Å²) in [7, 11) is 0. The Morgan fingerprint density at radius 2 is 2.21 bits per heavy atom. The molecule has 2 aliphatic rings. The molecule has 1 aliphatic carbocycles. The van der Waals surface area contributed by atoms with Crippen LogP contribution in [0.4, 0.5) is 0 Å². The highest BCUT2D eigenvalue weighted by molar-refractivity contribution is 5.86. The highest BCUT2D eigenvalue weighted by Gasteiger charge is 2.46. The number of hydroxylamine groups is 1. The molecule has 0 bridgehead atoms. The molecule has 6 nitrogen and oxygen atoms in total. The number of ketones is 1. The lowest BCUT2D eigenvalue weighted by Crippen LogP contribution is -2.49. The summed E-state index contributed by atoms with van der Waals surface area (Å²) in [5.74, 6) is 0.567. The Morgan fingerprint density at radius 3 is 2.79 bits per heavy atom. The van der Waals surface area contributed by atoms with Crippen LogP contribution in [-0.4, -0.2) is 31.1 Å². The average Bonchev–Trinajstić information content (AvgIpc) is 2.36. The van der Waals surface area contributed by atoms with Gasteiger partial charge in [0.15, 0.2) is 12.1 Å². The third kappa shape index (κ3) is 3.13. The number of ether oxygens (including phenoxy) is 1. The second-order valence-electron chi connectivity index (χ2n) is 5.44. The molecule has 1 amide bonds. The summed E-state index contributed by atoms with van der Waals surface area (Å²) in [5, 5.41) is 0. The lowest BCUT2D eigenvalue weighted by Gasteiger charge is -2.45. The summed E-state index contributed by atoms with van der Waals surface area (Å²) in [6.07, 6.45) is 3.85. The maximum absolute atomic E-state index is 12.0. The Bertz CT molecular complexity index is 335. The van der Waals surface area contributed by atoms with Crippen molar-refractivity contribution in [3.05, 3.63) is 0 Å². The molecule has 0 radical (unpaired) electrons. The van der Waals surface area contributed by atoms with Gasteiger partial charge >= 0.3 is 0 Å². The van der Waals surface area contributed by atoms with Gasteiger partial charge in [-0.15, -0.1) is 0 Å². The Hall–Kier alpha value is -0.980. The van der Waals surface area contributed by atoms with Crippen molar-refractivity contribution in [2.24, 2.45) is 23.5 Å². The van der Waals surface area contributed by atoms with Gasteiger partial charge in [0.05, 0.1) is 6.04 Å². The second kappa shape index (κ2) is 6.45. The monoisotopic (exact) mass is 270 g/mol. The van der Waals surface area contributed by atoms with Crippen LogP contribution in [0.1, 0.15) is 32.6 Å². The number of hydrogen-bond acceptors (Lipinski definition) is 5. The summed E-state index contributed by atoms with van der Waals surface area (Å²) >= 11 is 0. The molecule has 2 fully saturated rings. The molecule has 3 N–H and O–H groups in total. The van der Waals surface area contributed by atoms with Crippen LogP contribution in [0.25, 0.3) is 0 Å². The zero-order valence-corrected chi connectivity index (χ0v) is 11.2. The van der Waals surface area contributed by atoms with Crippen molar-refractivity contribution in [1.29, 1.82) is 0 Å². The molecule has 1 saturated heterocycles. The third-order valence-electron chi connectivity index (χ3n) is 4.24. The van der Waals surface area contributed by atoms with Crippen molar-refractivity contribution < 1.29 is 19.2 Å². The van der Waals surface area contributed by atoms with Gasteiger partial charge in [-0.2, -0.15) is 0 Å². The molecule has 2 unspecified atom stereocenters. The van der Waals surface area contributed by atoms with Crippen LogP contribution < -0.4 is 11.2 Å². The summed E-state index contributed by atoms with van der Waals surface area (Å²) in [5.41, 5.74) is 7.88.